The summed E-state index contributed by atoms with van der Waals surface area (Å²) >= 11 is 0. The van der Waals surface area contributed by atoms with E-state index >= 15 is 0 Å². The summed E-state index contributed by atoms with van der Waals surface area (Å²) in [6, 6.07) is 17.0. The molecule has 0 bridgehead atoms. The number of amides is 1. The molecule has 7 nitrogen and oxygen atoms in total. The summed E-state index contributed by atoms with van der Waals surface area (Å²) in [6.45, 7) is 7.61. The summed E-state index contributed by atoms with van der Waals surface area (Å²) in [5.74, 6) is -1.55. The highest BCUT2D eigenvalue weighted by Crippen LogP contribution is 2.33. The molecule has 0 fully saturated rings. The zero-order valence-corrected chi connectivity index (χ0v) is 23.4. The standard InChI is InChI=1S/C29H27F2N3O4.C2H6/c1-17-5-11-23(21(30)13-17)33-28-27(29(36)32-16-19-7-9-20(37-4)10-8-19)25(15-26(35)34(28)3)38-24-12-6-18(2)14-22(24)31;1-2/h5-15,33H,16H2,1-4H3,(H,32,36);1-2H3. The topological polar surface area (TPSA) is 81.6 Å². The number of carbonyl (C=O) groups is 1. The van der Waals surface area contributed by atoms with Crippen molar-refractivity contribution < 1.29 is 23.0 Å². The largest absolute Gasteiger partial charge is 0.497 e. The average Bonchev–Trinajstić information content (AvgIpc) is 2.94. The molecule has 4 rings (SSSR count). The molecular weight excluding hydrogens is 516 g/mol. The van der Waals surface area contributed by atoms with Gasteiger partial charge in [0.25, 0.3) is 11.5 Å². The van der Waals surface area contributed by atoms with Crippen LogP contribution in [0, 0.1) is 25.5 Å². The normalized spacial score (nSPS) is 10.3. The molecule has 40 heavy (non-hydrogen) atoms. The van der Waals surface area contributed by atoms with E-state index < -0.39 is 23.1 Å². The second kappa shape index (κ2) is 13.4. The molecule has 1 aromatic heterocycles. The molecule has 0 aliphatic carbocycles. The number of ether oxygens (including phenoxy) is 2. The van der Waals surface area contributed by atoms with Crippen molar-refractivity contribution in [1.82, 2.24) is 9.88 Å². The number of aromatic nitrogens is 1. The van der Waals surface area contributed by atoms with Crippen LogP contribution in [0.5, 0.6) is 17.2 Å². The van der Waals surface area contributed by atoms with Crippen molar-refractivity contribution in [2.45, 2.75) is 34.2 Å². The van der Waals surface area contributed by atoms with Crippen LogP contribution in [0.3, 0.4) is 0 Å². The van der Waals surface area contributed by atoms with Gasteiger partial charge in [-0.05, 0) is 66.9 Å². The van der Waals surface area contributed by atoms with Crippen molar-refractivity contribution in [1.29, 1.82) is 0 Å². The van der Waals surface area contributed by atoms with E-state index in [1.807, 2.05) is 13.8 Å². The van der Waals surface area contributed by atoms with Gasteiger partial charge in [0.2, 0.25) is 0 Å². The lowest BCUT2D eigenvalue weighted by molar-refractivity contribution is 0.0948. The highest BCUT2D eigenvalue weighted by molar-refractivity contribution is 6.02. The third-order valence-electron chi connectivity index (χ3n) is 5.93. The van der Waals surface area contributed by atoms with E-state index in [1.54, 1.807) is 57.4 Å². The van der Waals surface area contributed by atoms with Crippen LogP contribution in [-0.4, -0.2) is 17.6 Å². The molecule has 0 aliphatic heterocycles. The lowest BCUT2D eigenvalue weighted by Crippen LogP contribution is -2.29. The number of aryl methyl sites for hydroxylation is 2. The molecule has 0 unspecified atom stereocenters. The first kappa shape index (κ1) is 29.9. The van der Waals surface area contributed by atoms with Crippen LogP contribution in [0.2, 0.25) is 0 Å². The first-order valence-electron chi connectivity index (χ1n) is 12.8. The quantitative estimate of drug-likeness (QED) is 0.253. The monoisotopic (exact) mass is 549 g/mol. The number of hydrogen-bond donors (Lipinski definition) is 2. The Morgan fingerprint density at radius 3 is 2.10 bits per heavy atom. The Kier molecular flexibility index (Phi) is 10.0. The van der Waals surface area contributed by atoms with E-state index in [9.17, 15) is 18.4 Å². The van der Waals surface area contributed by atoms with Crippen LogP contribution in [0.1, 0.15) is 40.9 Å². The Bertz CT molecular complexity index is 1550. The maximum absolute atomic E-state index is 14.7. The lowest BCUT2D eigenvalue weighted by atomic mass is 10.1. The number of benzene rings is 3. The molecule has 0 atom stereocenters. The Hall–Kier alpha value is -4.66. The number of halogens is 2. The van der Waals surface area contributed by atoms with Crippen LogP contribution in [0.4, 0.5) is 20.3 Å². The van der Waals surface area contributed by atoms with Gasteiger partial charge in [-0.1, -0.05) is 38.1 Å². The molecular formula is C31H33F2N3O4. The summed E-state index contributed by atoms with van der Waals surface area (Å²) in [7, 11) is 2.99. The number of hydrogen-bond acceptors (Lipinski definition) is 5. The number of pyridine rings is 1. The average molecular weight is 550 g/mol. The van der Waals surface area contributed by atoms with E-state index in [2.05, 4.69) is 10.6 Å². The van der Waals surface area contributed by atoms with E-state index in [4.69, 9.17) is 9.47 Å². The maximum Gasteiger partial charge on any atom is 0.259 e. The number of anilines is 2. The fourth-order valence-corrected chi connectivity index (χ4v) is 3.79. The molecule has 0 radical (unpaired) electrons. The molecule has 1 heterocycles. The third kappa shape index (κ3) is 7.05. The van der Waals surface area contributed by atoms with Gasteiger partial charge >= 0.3 is 0 Å². The molecule has 3 aromatic carbocycles. The van der Waals surface area contributed by atoms with Crippen LogP contribution >= 0.6 is 0 Å². The maximum atomic E-state index is 14.7. The second-order valence-corrected chi connectivity index (χ2v) is 8.80. The van der Waals surface area contributed by atoms with E-state index in [0.29, 0.717) is 16.9 Å². The summed E-state index contributed by atoms with van der Waals surface area (Å²) in [5, 5.41) is 5.65. The van der Waals surface area contributed by atoms with E-state index in [0.717, 1.165) is 11.6 Å². The van der Waals surface area contributed by atoms with Gasteiger partial charge < -0.3 is 20.1 Å². The smallest absolute Gasteiger partial charge is 0.259 e. The Labute approximate surface area is 232 Å². The molecule has 2 N–H and O–H groups in total. The third-order valence-corrected chi connectivity index (χ3v) is 5.93. The van der Waals surface area contributed by atoms with Gasteiger partial charge in [0, 0.05) is 19.7 Å². The molecule has 0 spiro atoms. The van der Waals surface area contributed by atoms with Crippen LogP contribution in [0.15, 0.2) is 71.5 Å². The van der Waals surface area contributed by atoms with Gasteiger partial charge in [-0.25, -0.2) is 8.78 Å². The Morgan fingerprint density at radius 2 is 1.50 bits per heavy atom. The zero-order valence-electron chi connectivity index (χ0n) is 23.4. The Balaban J connectivity index is 0.00000216. The van der Waals surface area contributed by atoms with E-state index in [-0.39, 0.29) is 35.1 Å². The lowest BCUT2D eigenvalue weighted by Gasteiger charge is -2.20. The van der Waals surface area contributed by atoms with Gasteiger partial charge in [-0.3, -0.25) is 14.2 Å². The van der Waals surface area contributed by atoms with Crippen LogP contribution < -0.4 is 25.7 Å². The van der Waals surface area contributed by atoms with Crippen molar-refractivity contribution in [3.63, 3.8) is 0 Å². The number of carbonyl (C=O) groups excluding carboxylic acids is 1. The molecule has 4 aromatic rings. The van der Waals surface area contributed by atoms with E-state index in [1.165, 1.54) is 35.9 Å². The molecule has 0 saturated carbocycles. The van der Waals surface area contributed by atoms with Gasteiger partial charge in [-0.15, -0.1) is 0 Å². The Morgan fingerprint density at radius 1 is 0.875 bits per heavy atom. The van der Waals surface area contributed by atoms with Gasteiger partial charge in [0.1, 0.15) is 28.7 Å². The van der Waals surface area contributed by atoms with Gasteiger partial charge in [0.15, 0.2) is 11.6 Å². The minimum atomic E-state index is -0.658. The molecule has 1 amide bonds. The summed E-state index contributed by atoms with van der Waals surface area (Å²) in [6.07, 6.45) is 0. The minimum absolute atomic E-state index is 0.0185. The highest BCUT2D eigenvalue weighted by atomic mass is 19.1. The molecule has 210 valence electrons. The number of nitrogens with one attached hydrogen (secondary N) is 2. The number of methoxy groups -OCH3 is 1. The molecule has 0 saturated heterocycles. The number of rotatable bonds is 8. The van der Waals surface area contributed by atoms with Gasteiger partial charge in [-0.2, -0.15) is 0 Å². The molecule has 9 heteroatoms. The first-order chi connectivity index (χ1) is 19.2. The first-order valence-corrected chi connectivity index (χ1v) is 12.8. The fraction of sp³-hybridized carbons (Fsp3) is 0.226. The summed E-state index contributed by atoms with van der Waals surface area (Å²) < 4.78 is 41.5. The predicted molar refractivity (Wildman–Crippen MR) is 153 cm³/mol. The zero-order chi connectivity index (χ0) is 29.4. The highest BCUT2D eigenvalue weighted by Gasteiger charge is 2.24. The van der Waals surface area contributed by atoms with Gasteiger partial charge in [0.05, 0.1) is 12.8 Å². The van der Waals surface area contributed by atoms with Crippen LogP contribution in [0.25, 0.3) is 0 Å². The number of nitrogens with zero attached hydrogens (tertiary/aromatic N) is 1. The van der Waals surface area contributed by atoms with Crippen LogP contribution in [-0.2, 0) is 13.6 Å². The predicted octanol–water partition coefficient (Wildman–Crippen LogP) is 6.78. The van der Waals surface area contributed by atoms with Crippen molar-refractivity contribution in [3.05, 3.63) is 111 Å². The summed E-state index contributed by atoms with van der Waals surface area (Å²) in [5.41, 5.74) is 1.57. The summed E-state index contributed by atoms with van der Waals surface area (Å²) in [4.78, 5) is 26.4. The second-order valence-electron chi connectivity index (χ2n) is 8.80. The van der Waals surface area contributed by atoms with Crippen molar-refractivity contribution in [2.24, 2.45) is 7.05 Å². The SMILES string of the molecule is CC.COc1ccc(CNC(=O)c2c(Oc3ccc(C)cc3F)cc(=O)n(C)c2Nc2ccc(C)cc2F)cc1. The van der Waals surface area contributed by atoms with Crippen molar-refractivity contribution >= 4 is 17.4 Å². The fourth-order valence-electron chi connectivity index (χ4n) is 3.79. The minimum Gasteiger partial charge on any atom is -0.497 e. The van der Waals surface area contributed by atoms with Crippen molar-refractivity contribution in [3.8, 4) is 17.2 Å². The van der Waals surface area contributed by atoms with Crippen molar-refractivity contribution in [2.75, 3.05) is 12.4 Å². The molecule has 0 aliphatic rings.